The minimum absolute atomic E-state index is 0.0117. The number of carbonyl (C=O) groups excluding carboxylic acids is 6. The van der Waals surface area contributed by atoms with E-state index in [1.807, 2.05) is 24.3 Å². The number of hydrogen-bond acceptors (Lipinski definition) is 13. The average molecular weight is 1060 g/mol. The van der Waals surface area contributed by atoms with E-state index in [4.69, 9.17) is 45.9 Å². The van der Waals surface area contributed by atoms with Gasteiger partial charge < -0.3 is 75.9 Å². The first kappa shape index (κ1) is 57.6. The van der Waals surface area contributed by atoms with Crippen LogP contribution in [0.25, 0.3) is 0 Å². The van der Waals surface area contributed by atoms with Crippen LogP contribution in [0.3, 0.4) is 0 Å². The molecule has 4 aliphatic heterocycles. The Morgan fingerprint density at radius 2 is 1.30 bits per heavy atom. The summed E-state index contributed by atoms with van der Waals surface area (Å²) < 4.78 is 0. The number of fused-ring (bicyclic) bond motifs is 2. The van der Waals surface area contributed by atoms with E-state index in [9.17, 15) is 19.5 Å². The normalized spacial score (nSPS) is 24.2. The van der Waals surface area contributed by atoms with Crippen molar-refractivity contribution < 1.29 is 33.9 Å². The van der Waals surface area contributed by atoms with Crippen molar-refractivity contribution >= 4 is 53.2 Å². The summed E-state index contributed by atoms with van der Waals surface area (Å²) in [6, 6.07) is 1.61. The predicted octanol–water partition coefficient (Wildman–Crippen LogP) is -1.87. The van der Waals surface area contributed by atoms with Gasteiger partial charge in [0.15, 0.2) is 23.7 Å². The lowest BCUT2D eigenvalue weighted by Gasteiger charge is -2.46. The molecule has 24 nitrogen and oxygen atoms in total. The summed E-state index contributed by atoms with van der Waals surface area (Å²) in [7, 11) is 0. The molecule has 2 aliphatic carbocycles. The Balaban J connectivity index is 1.12. The number of benzene rings is 1. The van der Waals surface area contributed by atoms with Crippen LogP contribution in [0.2, 0.25) is 0 Å². The van der Waals surface area contributed by atoms with Crippen LogP contribution in [-0.4, -0.2) is 183 Å². The number of hydrogen-bond donors (Lipinski definition) is 10. The molecular weight excluding hydrogens is 975 g/mol. The molecule has 2 saturated carbocycles. The third-order valence-corrected chi connectivity index (χ3v) is 17.0. The van der Waals surface area contributed by atoms with Crippen LogP contribution in [-0.2, 0) is 41.7 Å². The number of piperidine rings is 1. The Bertz CT molecular complexity index is 2310. The van der Waals surface area contributed by atoms with Crippen LogP contribution in [0.4, 0.5) is 0 Å². The zero-order chi connectivity index (χ0) is 54.7. The molecule has 7 rings (SSSR count). The van der Waals surface area contributed by atoms with Gasteiger partial charge in [0.1, 0.15) is 23.7 Å². The molecule has 1 aromatic rings. The summed E-state index contributed by atoms with van der Waals surface area (Å²) in [5, 5.41) is 14.3. The van der Waals surface area contributed by atoms with Crippen LogP contribution in [0.5, 0.6) is 0 Å². The Morgan fingerprint density at radius 1 is 0.724 bits per heavy atom. The molecule has 3 saturated heterocycles. The number of nitrogens with zero attached hydrogens (tertiary/aromatic N) is 8. The maximum Gasteiger partial charge on any atom is 0.248 e. The van der Waals surface area contributed by atoms with E-state index in [-0.39, 0.29) is 124 Å². The highest BCUT2D eigenvalue weighted by Gasteiger charge is 2.59. The van der Waals surface area contributed by atoms with Gasteiger partial charge >= 0.3 is 0 Å². The van der Waals surface area contributed by atoms with Crippen molar-refractivity contribution in [2.45, 2.75) is 182 Å². The van der Waals surface area contributed by atoms with Gasteiger partial charge in [-0.3, -0.25) is 48.6 Å². The SMILES string of the molecule is NC(N)=NCCC[C@H](NC(=O)[C@@H](N)CCCN=C(N)N)C(=O)N1CCC2(CC1)C(=O)N([C@@H](CO)C(=O)N1Cc3ccccc3CC1C(=O)N1C(C(=O)[C@@H](N)CCCN=C(N)N)CC3CCCCC31)CN2C1CCCCC1. The largest absolute Gasteiger partial charge is 0.394 e. The zero-order valence-corrected chi connectivity index (χ0v) is 44.2. The first-order valence-corrected chi connectivity index (χ1v) is 27.6. The van der Waals surface area contributed by atoms with E-state index in [2.05, 4.69) is 25.2 Å². The van der Waals surface area contributed by atoms with Gasteiger partial charge in [-0.15, -0.1) is 0 Å². The van der Waals surface area contributed by atoms with Crippen LogP contribution in [0.15, 0.2) is 39.2 Å². The fourth-order valence-corrected chi connectivity index (χ4v) is 12.9. The van der Waals surface area contributed by atoms with E-state index < -0.39 is 60.2 Å². The zero-order valence-electron chi connectivity index (χ0n) is 44.2. The summed E-state index contributed by atoms with van der Waals surface area (Å²) in [5.74, 6) is -2.35. The quantitative estimate of drug-likeness (QED) is 0.0345. The molecule has 420 valence electrons. The van der Waals surface area contributed by atoms with E-state index >= 15 is 14.4 Å². The molecular formula is C52H85N17O7. The fraction of sp³-hybridized carbons (Fsp3) is 0.712. The second kappa shape index (κ2) is 26.3. The number of ketones is 1. The molecule has 76 heavy (non-hydrogen) atoms. The molecule has 18 N–H and O–H groups in total. The van der Waals surface area contributed by atoms with Crippen molar-refractivity contribution in [2.24, 2.45) is 66.8 Å². The van der Waals surface area contributed by atoms with Crippen molar-refractivity contribution in [2.75, 3.05) is 46.0 Å². The molecule has 5 amide bonds. The van der Waals surface area contributed by atoms with Gasteiger partial charge in [-0.25, -0.2) is 0 Å². The molecule has 5 fully saturated rings. The number of carbonyl (C=O) groups is 6. The highest BCUT2D eigenvalue weighted by atomic mass is 16.3. The van der Waals surface area contributed by atoms with Crippen molar-refractivity contribution in [3.63, 3.8) is 0 Å². The average Bonchev–Trinajstić information content (AvgIpc) is 3.95. The van der Waals surface area contributed by atoms with Crippen LogP contribution in [0.1, 0.15) is 127 Å². The highest BCUT2D eigenvalue weighted by Crippen LogP contribution is 2.44. The summed E-state index contributed by atoms with van der Waals surface area (Å²) >= 11 is 0. The van der Waals surface area contributed by atoms with Crippen LogP contribution < -0.4 is 51.2 Å². The molecule has 0 radical (unpaired) electrons. The summed E-state index contributed by atoms with van der Waals surface area (Å²) in [5.41, 5.74) is 46.5. The van der Waals surface area contributed by atoms with Crippen molar-refractivity contribution in [3.05, 3.63) is 35.4 Å². The smallest absolute Gasteiger partial charge is 0.248 e. The highest BCUT2D eigenvalue weighted by molar-refractivity contribution is 5.99. The number of aliphatic hydroxyl groups excluding tert-OH is 1. The number of nitrogens with two attached hydrogens (primary N) is 8. The standard InChI is InChI=1S/C52H85N17O7/c53-36(16-8-22-61-49(55)56)43(71)40-28-33-12-6-7-19-39(33)69(40)47(75)41-27-32-11-4-5-13-34(32)29-66(41)46(74)42(30-70)67-31-68(35-14-2-1-3-15-35)52(48(67)76)20-25-65(26-21-52)45(73)38(18-10-24-63-51(59)60)64-44(72)37(54)17-9-23-62-50(57)58/h4-5,11,13,33,35-42,70H,1-3,6-10,12,14-31,53-54H2,(H,64,72)(H4,55,56,61)(H4,57,58,62)(H4,59,60,63)/t33?,36-,37-,38-,39?,40?,41?,42-/m0/s1. The van der Waals surface area contributed by atoms with Gasteiger partial charge in [0.05, 0.1) is 31.4 Å². The number of likely N-dealkylation sites (tertiary alicyclic amines) is 2. The third kappa shape index (κ3) is 13.3. The molecule has 1 aromatic carbocycles. The van der Waals surface area contributed by atoms with Gasteiger partial charge in [-0.1, -0.05) is 56.4 Å². The number of aliphatic imine (C=N–C) groups is 3. The Kier molecular flexibility index (Phi) is 19.9. The Morgan fingerprint density at radius 3 is 1.92 bits per heavy atom. The lowest BCUT2D eigenvalue weighted by Crippen LogP contribution is -2.63. The molecule has 0 aromatic heterocycles. The minimum Gasteiger partial charge on any atom is -0.394 e. The van der Waals surface area contributed by atoms with E-state index in [0.717, 1.165) is 68.9 Å². The number of Topliss-reactive ketones (excluding diaryl/α,β-unsaturated/α-hetero) is 1. The summed E-state index contributed by atoms with van der Waals surface area (Å²) in [4.78, 5) is 109. The van der Waals surface area contributed by atoms with Crippen molar-refractivity contribution in [1.29, 1.82) is 0 Å². The number of amides is 5. The predicted molar refractivity (Wildman–Crippen MR) is 288 cm³/mol. The molecule has 0 bridgehead atoms. The number of rotatable bonds is 22. The Hall–Kier alpha value is -6.11. The number of guanidine groups is 3. The topological polar surface area (TPSA) is 396 Å². The van der Waals surface area contributed by atoms with Crippen LogP contribution >= 0.6 is 0 Å². The van der Waals surface area contributed by atoms with Crippen molar-refractivity contribution in [3.8, 4) is 0 Å². The van der Waals surface area contributed by atoms with E-state index in [0.29, 0.717) is 45.2 Å². The van der Waals surface area contributed by atoms with E-state index in [1.54, 1.807) is 9.80 Å². The fourth-order valence-electron chi connectivity index (χ4n) is 12.9. The van der Waals surface area contributed by atoms with E-state index in [1.165, 1.54) is 9.80 Å². The maximum atomic E-state index is 15.5. The van der Waals surface area contributed by atoms with Gasteiger partial charge in [0.2, 0.25) is 29.5 Å². The summed E-state index contributed by atoms with van der Waals surface area (Å²) in [6.07, 6.45) is 11.5. The van der Waals surface area contributed by atoms with Gasteiger partial charge in [0, 0.05) is 57.8 Å². The Labute approximate surface area is 446 Å². The molecule has 4 heterocycles. The van der Waals surface area contributed by atoms with Crippen molar-refractivity contribution in [1.82, 2.24) is 29.8 Å². The van der Waals surface area contributed by atoms with Gasteiger partial charge in [-0.05, 0) is 101 Å². The van der Waals surface area contributed by atoms with Gasteiger partial charge in [0.25, 0.3) is 0 Å². The van der Waals surface area contributed by atoms with Crippen LogP contribution in [0, 0.1) is 5.92 Å². The monoisotopic (exact) mass is 1060 g/mol. The lowest BCUT2D eigenvalue weighted by atomic mass is 9.82. The molecule has 24 heteroatoms. The molecule has 4 unspecified atom stereocenters. The first-order valence-electron chi connectivity index (χ1n) is 27.6. The summed E-state index contributed by atoms with van der Waals surface area (Å²) in [6.45, 7) is 0.658. The first-order chi connectivity index (χ1) is 36.4. The lowest BCUT2D eigenvalue weighted by molar-refractivity contribution is -0.156. The number of nitrogens with one attached hydrogen (secondary N) is 1. The maximum absolute atomic E-state index is 15.5. The number of aliphatic hydroxyl groups is 1. The minimum atomic E-state index is -1.33. The van der Waals surface area contributed by atoms with Gasteiger partial charge in [-0.2, -0.15) is 0 Å². The second-order valence-electron chi connectivity index (χ2n) is 21.8. The molecule has 8 atom stereocenters. The molecule has 1 spiro atoms. The second-order valence-corrected chi connectivity index (χ2v) is 21.8. The third-order valence-electron chi connectivity index (χ3n) is 17.0. The molecule has 6 aliphatic rings.